The molecule has 12 heteroatoms. The summed E-state index contributed by atoms with van der Waals surface area (Å²) in [4.78, 5) is 24.0. The summed E-state index contributed by atoms with van der Waals surface area (Å²) in [7, 11) is 3.18. The molecule has 0 saturated heterocycles. The lowest BCUT2D eigenvalue weighted by Gasteiger charge is -2.15. The lowest BCUT2D eigenvalue weighted by Crippen LogP contribution is -2.09. The molecule has 0 unspecified atom stereocenters. The summed E-state index contributed by atoms with van der Waals surface area (Å²) in [5.41, 5.74) is 0.651. The molecule has 0 fully saturated rings. The monoisotopic (exact) mass is 453 g/mol. The third-order valence-electron chi connectivity index (χ3n) is 4.51. The Morgan fingerprint density at radius 1 is 1.12 bits per heavy atom. The fourth-order valence-corrected chi connectivity index (χ4v) is 3.03. The average molecular weight is 453 g/mol. The van der Waals surface area contributed by atoms with Crippen molar-refractivity contribution in [2.24, 2.45) is 7.05 Å². The lowest BCUT2D eigenvalue weighted by molar-refractivity contribution is 0.0697. The number of halogens is 2. The van der Waals surface area contributed by atoms with Crippen LogP contribution in [0.4, 0.5) is 31.9 Å². The summed E-state index contributed by atoms with van der Waals surface area (Å²) in [6, 6.07) is 8.07. The summed E-state index contributed by atoms with van der Waals surface area (Å²) in [6.07, 6.45) is 2.60. The zero-order chi connectivity index (χ0) is 23.5. The molecule has 0 atom stereocenters. The number of nitrogens with zero attached hydrogens (tertiary/aromatic N) is 5. The fourth-order valence-electron chi connectivity index (χ4n) is 3.03. The molecular weight excluding hydrogens is 436 g/mol. The maximum absolute atomic E-state index is 14.0. The van der Waals surface area contributed by atoms with Gasteiger partial charge in [0, 0.05) is 19.3 Å². The molecule has 0 aliphatic rings. The van der Waals surface area contributed by atoms with E-state index in [9.17, 15) is 18.7 Å². The molecule has 0 saturated carbocycles. The standard InChI is InChI=1S/C21H17F2N7O3/c1-30-10-25-18(29-30)12-4-3-5-16(17(12)33-2)26-19-13(20(31)32)9-24-21(28-19)27-15-7-6-11(22)8-14(15)23/h3-10H,1-2H3,(H,31,32)(H2,24,26,27,28). The van der Waals surface area contributed by atoms with Crippen LogP contribution in [-0.4, -0.2) is 42.9 Å². The summed E-state index contributed by atoms with van der Waals surface area (Å²) in [5, 5.41) is 19.4. The van der Waals surface area contributed by atoms with Crippen molar-refractivity contribution in [2.45, 2.75) is 0 Å². The van der Waals surface area contributed by atoms with Gasteiger partial charge in [0.15, 0.2) is 17.4 Å². The molecule has 168 valence electrons. The number of hydrogen-bond acceptors (Lipinski definition) is 8. The first-order valence-electron chi connectivity index (χ1n) is 9.48. The van der Waals surface area contributed by atoms with E-state index < -0.39 is 17.6 Å². The number of para-hydroxylation sites is 1. The maximum Gasteiger partial charge on any atom is 0.341 e. The van der Waals surface area contributed by atoms with Gasteiger partial charge in [-0.2, -0.15) is 10.1 Å². The Kier molecular flexibility index (Phi) is 5.81. The molecule has 0 aliphatic heterocycles. The molecule has 0 bridgehead atoms. The number of ether oxygens (including phenoxy) is 1. The average Bonchev–Trinajstić information content (AvgIpc) is 3.21. The van der Waals surface area contributed by atoms with Crippen molar-refractivity contribution < 1.29 is 23.4 Å². The Bertz CT molecular complexity index is 1340. The normalized spacial score (nSPS) is 10.7. The predicted molar refractivity (Wildman–Crippen MR) is 115 cm³/mol. The Morgan fingerprint density at radius 3 is 2.61 bits per heavy atom. The van der Waals surface area contributed by atoms with Gasteiger partial charge in [0.05, 0.1) is 24.0 Å². The van der Waals surface area contributed by atoms with Gasteiger partial charge in [0.25, 0.3) is 0 Å². The second kappa shape index (κ2) is 8.86. The molecule has 2 heterocycles. The Morgan fingerprint density at radius 2 is 1.94 bits per heavy atom. The Balaban J connectivity index is 1.72. The van der Waals surface area contributed by atoms with Crippen LogP contribution < -0.4 is 15.4 Å². The number of hydrogen-bond donors (Lipinski definition) is 3. The van der Waals surface area contributed by atoms with Crippen LogP contribution >= 0.6 is 0 Å². The number of nitrogens with one attached hydrogen (secondary N) is 2. The molecule has 4 aromatic rings. The smallest absolute Gasteiger partial charge is 0.341 e. The van der Waals surface area contributed by atoms with Gasteiger partial charge in [-0.3, -0.25) is 4.68 Å². The molecular formula is C21H17F2N7O3. The zero-order valence-corrected chi connectivity index (χ0v) is 17.4. The van der Waals surface area contributed by atoms with Crippen LogP contribution in [0.15, 0.2) is 48.9 Å². The number of carboxylic acids is 1. The van der Waals surface area contributed by atoms with Crippen molar-refractivity contribution >= 4 is 29.1 Å². The van der Waals surface area contributed by atoms with E-state index in [4.69, 9.17) is 4.74 Å². The first-order valence-corrected chi connectivity index (χ1v) is 9.48. The number of carboxylic acid groups (broad SMARTS) is 1. The number of carbonyl (C=O) groups is 1. The van der Waals surface area contributed by atoms with Gasteiger partial charge in [0.2, 0.25) is 5.95 Å². The number of aromatic carboxylic acids is 1. The highest BCUT2D eigenvalue weighted by Crippen LogP contribution is 2.36. The number of rotatable bonds is 7. The van der Waals surface area contributed by atoms with E-state index in [1.807, 2.05) is 0 Å². The topological polar surface area (TPSA) is 127 Å². The number of aromatic nitrogens is 5. The van der Waals surface area contributed by atoms with Crippen molar-refractivity contribution in [2.75, 3.05) is 17.7 Å². The number of methoxy groups -OCH3 is 1. The van der Waals surface area contributed by atoms with Crippen molar-refractivity contribution in [1.82, 2.24) is 24.7 Å². The third kappa shape index (κ3) is 4.54. The second-order valence-electron chi connectivity index (χ2n) is 6.76. The molecule has 4 rings (SSSR count). The van der Waals surface area contributed by atoms with E-state index in [-0.39, 0.29) is 23.0 Å². The summed E-state index contributed by atoms with van der Waals surface area (Å²) in [6.45, 7) is 0. The summed E-state index contributed by atoms with van der Waals surface area (Å²) < 4.78 is 34.2. The van der Waals surface area contributed by atoms with Crippen LogP contribution in [-0.2, 0) is 7.05 Å². The van der Waals surface area contributed by atoms with E-state index in [1.165, 1.54) is 24.2 Å². The molecule has 2 aromatic heterocycles. The van der Waals surface area contributed by atoms with Crippen LogP contribution in [0.25, 0.3) is 11.4 Å². The molecule has 33 heavy (non-hydrogen) atoms. The molecule has 3 N–H and O–H groups in total. The van der Waals surface area contributed by atoms with Gasteiger partial charge < -0.3 is 20.5 Å². The molecule has 0 aliphatic carbocycles. The van der Waals surface area contributed by atoms with Gasteiger partial charge in [0.1, 0.15) is 23.5 Å². The van der Waals surface area contributed by atoms with Crippen molar-refractivity contribution in [3.63, 3.8) is 0 Å². The minimum absolute atomic E-state index is 0.0769. The maximum atomic E-state index is 14.0. The van der Waals surface area contributed by atoms with Crippen LogP contribution in [0.1, 0.15) is 10.4 Å². The van der Waals surface area contributed by atoms with E-state index in [0.29, 0.717) is 28.9 Å². The Labute approximate surface area is 185 Å². The zero-order valence-electron chi connectivity index (χ0n) is 17.4. The van der Waals surface area contributed by atoms with Gasteiger partial charge in [-0.25, -0.2) is 23.5 Å². The quantitative estimate of drug-likeness (QED) is 0.383. The SMILES string of the molecule is COc1c(Nc2nc(Nc3ccc(F)cc3F)ncc2C(=O)O)cccc1-c1ncn(C)n1. The highest BCUT2D eigenvalue weighted by molar-refractivity contribution is 5.94. The Hall–Kier alpha value is -4.61. The van der Waals surface area contributed by atoms with Crippen molar-refractivity contribution in [3.8, 4) is 17.1 Å². The van der Waals surface area contributed by atoms with Crippen molar-refractivity contribution in [1.29, 1.82) is 0 Å². The first-order chi connectivity index (χ1) is 15.9. The molecule has 0 amide bonds. The molecule has 2 aromatic carbocycles. The molecule has 0 spiro atoms. The van der Waals surface area contributed by atoms with Gasteiger partial charge in [-0.1, -0.05) is 6.07 Å². The van der Waals surface area contributed by atoms with Crippen molar-refractivity contribution in [3.05, 3.63) is 66.1 Å². The minimum atomic E-state index is -1.28. The first kappa shape index (κ1) is 21.6. The highest BCUT2D eigenvalue weighted by Gasteiger charge is 2.19. The summed E-state index contributed by atoms with van der Waals surface area (Å²) >= 11 is 0. The third-order valence-corrected chi connectivity index (χ3v) is 4.51. The van der Waals surface area contributed by atoms with Gasteiger partial charge in [-0.15, -0.1) is 0 Å². The predicted octanol–water partition coefficient (Wildman–Crippen LogP) is 3.74. The molecule has 0 radical (unpaired) electrons. The van der Waals surface area contributed by atoms with Gasteiger partial charge in [-0.05, 0) is 24.3 Å². The van der Waals surface area contributed by atoms with Crippen LogP contribution in [0.3, 0.4) is 0 Å². The van der Waals surface area contributed by atoms with Crippen LogP contribution in [0.5, 0.6) is 5.75 Å². The minimum Gasteiger partial charge on any atom is -0.494 e. The van der Waals surface area contributed by atoms with Gasteiger partial charge >= 0.3 is 5.97 Å². The highest BCUT2D eigenvalue weighted by atomic mass is 19.1. The molecule has 10 nitrogen and oxygen atoms in total. The summed E-state index contributed by atoms with van der Waals surface area (Å²) in [5.74, 6) is -2.28. The number of benzene rings is 2. The van der Waals surface area contributed by atoms with Crippen LogP contribution in [0.2, 0.25) is 0 Å². The fraction of sp³-hybridized carbons (Fsp3) is 0.0952. The largest absolute Gasteiger partial charge is 0.494 e. The second-order valence-corrected chi connectivity index (χ2v) is 6.76. The van der Waals surface area contributed by atoms with E-state index in [0.717, 1.165) is 12.3 Å². The number of anilines is 4. The van der Waals surface area contributed by atoms with E-state index in [2.05, 4.69) is 30.7 Å². The number of aryl methyl sites for hydroxylation is 1. The van der Waals surface area contributed by atoms with E-state index >= 15 is 0 Å². The van der Waals surface area contributed by atoms with E-state index in [1.54, 1.807) is 25.2 Å². The van der Waals surface area contributed by atoms with Crippen LogP contribution in [0, 0.1) is 11.6 Å². The lowest BCUT2D eigenvalue weighted by atomic mass is 10.1.